The van der Waals surface area contributed by atoms with Crippen LogP contribution in [0.25, 0.3) is 0 Å². The van der Waals surface area contributed by atoms with Crippen molar-refractivity contribution in [1.82, 2.24) is 19.8 Å². The van der Waals surface area contributed by atoms with Crippen molar-refractivity contribution in [2.75, 3.05) is 58.9 Å². The third-order valence-corrected chi connectivity index (χ3v) is 5.22. The van der Waals surface area contributed by atoms with Gasteiger partial charge in [-0.3, -0.25) is 19.4 Å². The molecule has 0 unspecified atom stereocenters. The smallest absolute Gasteiger partial charge is 0.252 e. The number of likely N-dealkylation sites (tertiary alicyclic amines) is 2. The van der Waals surface area contributed by atoms with Crippen LogP contribution >= 0.6 is 0 Å². The molecule has 27 heavy (non-hydrogen) atoms. The molecule has 1 aromatic heterocycles. The molecule has 1 N–H and O–H groups in total. The SMILES string of the molecule is COCCN1C[C@@H](C(=O)N2CC[C@@H](c3cc(=O)[nH]c(N(C)C)n3)C2)CC1=O. The normalized spacial score (nSPS) is 22.6. The molecular formula is C18H27N5O4. The number of hydrogen-bond acceptors (Lipinski definition) is 6. The summed E-state index contributed by atoms with van der Waals surface area (Å²) in [6, 6.07) is 1.51. The summed E-state index contributed by atoms with van der Waals surface area (Å²) >= 11 is 0. The molecule has 0 saturated carbocycles. The zero-order valence-electron chi connectivity index (χ0n) is 16.1. The highest BCUT2D eigenvalue weighted by Gasteiger charge is 2.38. The number of anilines is 1. The first-order valence-electron chi connectivity index (χ1n) is 9.23. The van der Waals surface area contributed by atoms with Crippen molar-refractivity contribution < 1.29 is 14.3 Å². The zero-order chi connectivity index (χ0) is 19.6. The topological polar surface area (TPSA) is 98.8 Å². The van der Waals surface area contributed by atoms with E-state index >= 15 is 0 Å². The van der Waals surface area contributed by atoms with E-state index in [0.29, 0.717) is 44.4 Å². The number of carbonyl (C=O) groups is 2. The van der Waals surface area contributed by atoms with Crippen molar-refractivity contribution in [1.29, 1.82) is 0 Å². The zero-order valence-corrected chi connectivity index (χ0v) is 16.1. The molecule has 0 aromatic carbocycles. The molecule has 148 valence electrons. The van der Waals surface area contributed by atoms with E-state index in [1.54, 1.807) is 21.8 Å². The second kappa shape index (κ2) is 8.08. The lowest BCUT2D eigenvalue weighted by Crippen LogP contribution is -2.36. The van der Waals surface area contributed by atoms with Gasteiger partial charge in [-0.15, -0.1) is 0 Å². The number of amides is 2. The minimum Gasteiger partial charge on any atom is -0.383 e. The monoisotopic (exact) mass is 377 g/mol. The number of rotatable bonds is 6. The summed E-state index contributed by atoms with van der Waals surface area (Å²) in [6.45, 7) is 2.60. The van der Waals surface area contributed by atoms with E-state index in [9.17, 15) is 14.4 Å². The van der Waals surface area contributed by atoms with E-state index in [-0.39, 0.29) is 35.6 Å². The first-order valence-corrected chi connectivity index (χ1v) is 9.23. The minimum atomic E-state index is -0.294. The van der Waals surface area contributed by atoms with Crippen LogP contribution in [-0.2, 0) is 14.3 Å². The van der Waals surface area contributed by atoms with Crippen molar-refractivity contribution in [2.24, 2.45) is 5.92 Å². The Morgan fingerprint density at radius 2 is 2.15 bits per heavy atom. The molecule has 0 bridgehead atoms. The van der Waals surface area contributed by atoms with E-state index in [0.717, 1.165) is 6.42 Å². The lowest BCUT2D eigenvalue weighted by molar-refractivity contribution is -0.134. The quantitative estimate of drug-likeness (QED) is 0.727. The van der Waals surface area contributed by atoms with E-state index < -0.39 is 0 Å². The van der Waals surface area contributed by atoms with Crippen LogP contribution in [0.4, 0.5) is 5.95 Å². The third kappa shape index (κ3) is 4.29. The van der Waals surface area contributed by atoms with Crippen molar-refractivity contribution in [3.05, 3.63) is 22.1 Å². The molecule has 0 spiro atoms. The Morgan fingerprint density at radius 3 is 2.85 bits per heavy atom. The summed E-state index contributed by atoms with van der Waals surface area (Å²) < 4.78 is 5.02. The van der Waals surface area contributed by atoms with Crippen molar-refractivity contribution in [3.63, 3.8) is 0 Å². The van der Waals surface area contributed by atoms with E-state index in [1.807, 2.05) is 14.1 Å². The van der Waals surface area contributed by atoms with Gasteiger partial charge in [0.15, 0.2) is 0 Å². The summed E-state index contributed by atoms with van der Waals surface area (Å²) in [5, 5.41) is 0. The van der Waals surface area contributed by atoms with Crippen LogP contribution in [0.5, 0.6) is 0 Å². The Hall–Kier alpha value is -2.42. The third-order valence-electron chi connectivity index (χ3n) is 5.22. The molecule has 1 aromatic rings. The fourth-order valence-corrected chi connectivity index (χ4v) is 3.70. The lowest BCUT2D eigenvalue weighted by atomic mass is 10.0. The van der Waals surface area contributed by atoms with Gasteiger partial charge < -0.3 is 19.4 Å². The predicted octanol–water partition coefficient (Wildman–Crippen LogP) is -0.353. The Morgan fingerprint density at radius 1 is 1.37 bits per heavy atom. The van der Waals surface area contributed by atoms with Gasteiger partial charge in [-0.2, -0.15) is 0 Å². The Kier molecular flexibility index (Phi) is 5.79. The second-order valence-corrected chi connectivity index (χ2v) is 7.39. The average Bonchev–Trinajstić information content (AvgIpc) is 3.26. The van der Waals surface area contributed by atoms with Crippen LogP contribution in [0, 0.1) is 5.92 Å². The molecule has 3 rings (SSSR count). The maximum atomic E-state index is 12.9. The number of ether oxygens (including phenoxy) is 1. The molecule has 3 heterocycles. The maximum Gasteiger partial charge on any atom is 0.252 e. The number of carbonyl (C=O) groups excluding carboxylic acids is 2. The maximum absolute atomic E-state index is 12.9. The van der Waals surface area contributed by atoms with Crippen LogP contribution < -0.4 is 10.5 Å². The van der Waals surface area contributed by atoms with E-state index in [1.165, 1.54) is 6.07 Å². The van der Waals surface area contributed by atoms with Crippen LogP contribution in [0.15, 0.2) is 10.9 Å². The van der Waals surface area contributed by atoms with Crippen molar-refractivity contribution in [2.45, 2.75) is 18.8 Å². The van der Waals surface area contributed by atoms with Gasteiger partial charge in [-0.1, -0.05) is 0 Å². The fourth-order valence-electron chi connectivity index (χ4n) is 3.70. The largest absolute Gasteiger partial charge is 0.383 e. The molecule has 9 heteroatoms. The van der Waals surface area contributed by atoms with Crippen LogP contribution in [0.2, 0.25) is 0 Å². The molecule has 2 atom stereocenters. The van der Waals surface area contributed by atoms with Crippen molar-refractivity contribution >= 4 is 17.8 Å². The molecular weight excluding hydrogens is 350 g/mol. The number of hydrogen-bond donors (Lipinski definition) is 1. The number of methoxy groups -OCH3 is 1. The molecule has 2 fully saturated rings. The summed E-state index contributed by atoms with van der Waals surface area (Å²) in [6.07, 6.45) is 1.03. The van der Waals surface area contributed by atoms with Gasteiger partial charge in [-0.05, 0) is 6.42 Å². The predicted molar refractivity (Wildman–Crippen MR) is 99.7 cm³/mol. The summed E-state index contributed by atoms with van der Waals surface area (Å²) in [5.74, 6) is 0.281. The second-order valence-electron chi connectivity index (χ2n) is 7.39. The Labute approximate surface area is 158 Å². The number of aromatic nitrogens is 2. The first-order chi connectivity index (χ1) is 12.9. The van der Waals surface area contributed by atoms with Gasteiger partial charge in [0.25, 0.3) is 5.56 Å². The van der Waals surface area contributed by atoms with Crippen LogP contribution in [-0.4, -0.2) is 85.6 Å². The first kappa shape index (κ1) is 19.3. The van der Waals surface area contributed by atoms with E-state index in [2.05, 4.69) is 9.97 Å². The van der Waals surface area contributed by atoms with Crippen molar-refractivity contribution in [3.8, 4) is 0 Å². The number of aromatic amines is 1. The van der Waals surface area contributed by atoms with Gasteiger partial charge in [0.2, 0.25) is 17.8 Å². The number of H-pyrrole nitrogens is 1. The van der Waals surface area contributed by atoms with Gasteiger partial charge in [0.1, 0.15) is 0 Å². The van der Waals surface area contributed by atoms with Crippen LogP contribution in [0.1, 0.15) is 24.5 Å². The summed E-state index contributed by atoms with van der Waals surface area (Å²) in [7, 11) is 5.23. The Bertz CT molecular complexity index is 762. The number of nitrogens with zero attached hydrogens (tertiary/aromatic N) is 4. The van der Waals surface area contributed by atoms with Crippen LogP contribution in [0.3, 0.4) is 0 Å². The standard InChI is InChI=1S/C18H27N5O4/c1-21(2)18-19-14(9-15(24)20-18)12-4-5-23(10-12)17(26)13-8-16(25)22(11-13)6-7-27-3/h9,12-13H,4-8,10-11H2,1-3H3,(H,19,20,24)/t12-,13+/m1/s1. The molecule has 0 radical (unpaired) electrons. The lowest BCUT2D eigenvalue weighted by Gasteiger charge is -2.21. The molecule has 2 amide bonds. The fraction of sp³-hybridized carbons (Fsp3) is 0.667. The molecule has 0 aliphatic carbocycles. The van der Waals surface area contributed by atoms with Gasteiger partial charge >= 0.3 is 0 Å². The summed E-state index contributed by atoms with van der Waals surface area (Å²) in [4.78, 5) is 49.3. The highest BCUT2D eigenvalue weighted by molar-refractivity contribution is 5.89. The minimum absolute atomic E-state index is 0.00744. The molecule has 2 saturated heterocycles. The highest BCUT2D eigenvalue weighted by Crippen LogP contribution is 2.29. The Balaban J connectivity index is 1.64. The van der Waals surface area contributed by atoms with Gasteiger partial charge in [0, 0.05) is 65.8 Å². The summed E-state index contributed by atoms with van der Waals surface area (Å²) in [5.41, 5.74) is 0.519. The van der Waals surface area contributed by atoms with Gasteiger partial charge in [-0.25, -0.2) is 4.98 Å². The molecule has 9 nitrogen and oxygen atoms in total. The molecule has 2 aliphatic rings. The number of nitrogens with one attached hydrogen (secondary N) is 1. The molecule has 2 aliphatic heterocycles. The average molecular weight is 377 g/mol. The van der Waals surface area contributed by atoms with E-state index in [4.69, 9.17) is 4.74 Å². The van der Waals surface area contributed by atoms with Gasteiger partial charge in [0.05, 0.1) is 18.2 Å². The highest BCUT2D eigenvalue weighted by atomic mass is 16.5.